The van der Waals surface area contributed by atoms with Gasteiger partial charge >= 0.3 is 5.97 Å². The van der Waals surface area contributed by atoms with Crippen molar-refractivity contribution in [1.29, 1.82) is 0 Å². The number of H-pyrrole nitrogens is 1. The number of halogens is 1. The molecule has 0 bridgehead atoms. The Labute approximate surface area is 206 Å². The van der Waals surface area contributed by atoms with Gasteiger partial charge in [-0.2, -0.15) is 0 Å². The number of aliphatic carboxylic acids is 1. The monoisotopic (exact) mass is 491 g/mol. The molecule has 180 valence electrons. The van der Waals surface area contributed by atoms with Crippen LogP contribution in [0.15, 0.2) is 65.8 Å². The number of hydrogen-bond acceptors (Lipinski definition) is 4. The number of carboxylic acid groups (broad SMARTS) is 1. The van der Waals surface area contributed by atoms with Crippen LogP contribution in [0.2, 0.25) is 0 Å². The van der Waals surface area contributed by atoms with Crippen LogP contribution in [-0.4, -0.2) is 31.4 Å². The number of carboxylic acids is 1. The molecule has 0 atom stereocenters. The standard InChI is InChI=1S/C27H26FN3O3S/c1-18(32)20-9-7-19(8-10-20)16-31-17-24(12-21(27(33)34)13-25-5-3-11-35-25)30-26(31)6-2-4-23-14-22(28)15-29-23/h3,5,7-12,14-15,17,29H,2,4,6,13,16H2,1H3,(H,33,34)/b21-12-. The maximum absolute atomic E-state index is 13.3. The maximum Gasteiger partial charge on any atom is 0.332 e. The molecule has 0 spiro atoms. The Balaban J connectivity index is 1.57. The number of nitrogens with zero attached hydrogens (tertiary/aromatic N) is 2. The highest BCUT2D eigenvalue weighted by Crippen LogP contribution is 2.19. The van der Waals surface area contributed by atoms with Crippen LogP contribution < -0.4 is 0 Å². The van der Waals surface area contributed by atoms with E-state index in [1.807, 2.05) is 40.4 Å². The Bertz CT molecular complexity index is 1330. The largest absolute Gasteiger partial charge is 0.478 e. The molecule has 0 amide bonds. The van der Waals surface area contributed by atoms with E-state index in [1.54, 1.807) is 18.2 Å². The van der Waals surface area contributed by atoms with Gasteiger partial charge in [0, 0.05) is 53.5 Å². The van der Waals surface area contributed by atoms with Gasteiger partial charge < -0.3 is 14.7 Å². The Kier molecular flexibility index (Phi) is 7.72. The minimum absolute atomic E-state index is 0.0139. The van der Waals surface area contributed by atoms with Crippen LogP contribution in [0.25, 0.3) is 6.08 Å². The topological polar surface area (TPSA) is 88.0 Å². The summed E-state index contributed by atoms with van der Waals surface area (Å²) in [5, 5.41) is 11.7. The third-order valence-electron chi connectivity index (χ3n) is 5.69. The Morgan fingerprint density at radius 1 is 1.20 bits per heavy atom. The predicted octanol–water partition coefficient (Wildman–Crippen LogP) is 5.55. The van der Waals surface area contributed by atoms with Crippen molar-refractivity contribution in [3.63, 3.8) is 0 Å². The van der Waals surface area contributed by atoms with Crippen molar-refractivity contribution in [1.82, 2.24) is 14.5 Å². The van der Waals surface area contributed by atoms with Gasteiger partial charge in [-0.3, -0.25) is 4.79 Å². The number of ketones is 1. The molecule has 0 aliphatic rings. The summed E-state index contributed by atoms with van der Waals surface area (Å²) in [4.78, 5) is 32.1. The second-order valence-corrected chi connectivity index (χ2v) is 9.42. The molecule has 8 heteroatoms. The number of rotatable bonds is 11. The van der Waals surface area contributed by atoms with Crippen LogP contribution >= 0.6 is 11.3 Å². The number of imidazole rings is 1. The lowest BCUT2D eigenvalue weighted by atomic mass is 10.1. The van der Waals surface area contributed by atoms with Gasteiger partial charge in [0.05, 0.1) is 5.69 Å². The molecule has 35 heavy (non-hydrogen) atoms. The average molecular weight is 492 g/mol. The van der Waals surface area contributed by atoms with Crippen LogP contribution in [0, 0.1) is 5.82 Å². The number of hydrogen-bond donors (Lipinski definition) is 2. The zero-order valence-corrected chi connectivity index (χ0v) is 20.1. The van der Waals surface area contributed by atoms with Crippen molar-refractivity contribution in [2.75, 3.05) is 0 Å². The first-order valence-electron chi connectivity index (χ1n) is 11.3. The highest BCUT2D eigenvalue weighted by molar-refractivity contribution is 7.09. The van der Waals surface area contributed by atoms with Gasteiger partial charge in [-0.1, -0.05) is 30.3 Å². The van der Waals surface area contributed by atoms with Gasteiger partial charge in [-0.25, -0.2) is 14.2 Å². The number of aromatic amines is 1. The fourth-order valence-electron chi connectivity index (χ4n) is 3.88. The highest BCUT2D eigenvalue weighted by Gasteiger charge is 2.13. The van der Waals surface area contributed by atoms with E-state index in [2.05, 4.69) is 4.98 Å². The van der Waals surface area contributed by atoms with Crippen molar-refractivity contribution in [2.24, 2.45) is 0 Å². The van der Waals surface area contributed by atoms with Crippen LogP contribution in [-0.2, 0) is 30.6 Å². The summed E-state index contributed by atoms with van der Waals surface area (Å²) in [6.07, 6.45) is 7.23. The van der Waals surface area contributed by atoms with Crippen LogP contribution in [0.3, 0.4) is 0 Å². The number of carbonyl (C=O) groups excluding carboxylic acids is 1. The van der Waals surface area contributed by atoms with E-state index in [1.165, 1.54) is 30.5 Å². The number of Topliss-reactive ketones (excluding diaryl/α,β-unsaturated/α-hetero) is 1. The van der Waals surface area contributed by atoms with E-state index in [9.17, 15) is 19.1 Å². The summed E-state index contributed by atoms with van der Waals surface area (Å²) in [5.74, 6) is -0.419. The second kappa shape index (κ2) is 11.1. The van der Waals surface area contributed by atoms with E-state index < -0.39 is 5.97 Å². The number of aromatic nitrogens is 3. The molecule has 2 N–H and O–H groups in total. The lowest BCUT2D eigenvalue weighted by molar-refractivity contribution is -0.132. The lowest BCUT2D eigenvalue weighted by Gasteiger charge is -2.08. The molecule has 0 saturated heterocycles. The van der Waals surface area contributed by atoms with Gasteiger partial charge in [-0.15, -0.1) is 11.3 Å². The predicted molar refractivity (Wildman–Crippen MR) is 134 cm³/mol. The first kappa shape index (κ1) is 24.3. The van der Waals surface area contributed by atoms with Gasteiger partial charge in [0.1, 0.15) is 11.6 Å². The number of thiophene rings is 1. The molecule has 6 nitrogen and oxygen atoms in total. The van der Waals surface area contributed by atoms with Crippen LogP contribution in [0.5, 0.6) is 0 Å². The van der Waals surface area contributed by atoms with E-state index in [0.29, 0.717) is 37.1 Å². The maximum atomic E-state index is 13.3. The second-order valence-electron chi connectivity index (χ2n) is 8.39. The normalized spacial score (nSPS) is 11.7. The van der Waals surface area contributed by atoms with Gasteiger partial charge in [0.2, 0.25) is 0 Å². The van der Waals surface area contributed by atoms with E-state index in [4.69, 9.17) is 4.98 Å². The van der Waals surface area contributed by atoms with E-state index in [-0.39, 0.29) is 17.2 Å². The molecule has 1 aromatic carbocycles. The molecule has 0 aliphatic carbocycles. The minimum Gasteiger partial charge on any atom is -0.478 e. The van der Waals surface area contributed by atoms with Crippen LogP contribution in [0.1, 0.15) is 51.4 Å². The molecule has 3 aromatic heterocycles. The van der Waals surface area contributed by atoms with E-state index in [0.717, 1.165) is 28.4 Å². The number of nitrogens with one attached hydrogen (secondary N) is 1. The summed E-state index contributed by atoms with van der Waals surface area (Å²) < 4.78 is 15.3. The Hall–Kier alpha value is -3.78. The molecular formula is C27H26FN3O3S. The molecule has 0 saturated carbocycles. The third-order valence-corrected chi connectivity index (χ3v) is 6.56. The first-order chi connectivity index (χ1) is 16.9. The SMILES string of the molecule is CC(=O)c1ccc(Cn2cc(/C=C(/Cc3cccs3)C(=O)O)nc2CCCc2cc(F)c[nH]2)cc1. The summed E-state index contributed by atoms with van der Waals surface area (Å²) >= 11 is 1.52. The van der Waals surface area contributed by atoms with Gasteiger partial charge in [0.15, 0.2) is 5.78 Å². The molecule has 0 radical (unpaired) electrons. The summed E-state index contributed by atoms with van der Waals surface area (Å²) in [7, 11) is 0. The zero-order chi connectivity index (χ0) is 24.8. The van der Waals surface area contributed by atoms with E-state index >= 15 is 0 Å². The summed E-state index contributed by atoms with van der Waals surface area (Å²) in [6.45, 7) is 2.08. The number of carbonyl (C=O) groups is 2. The molecule has 0 aliphatic heterocycles. The molecule has 4 aromatic rings. The smallest absolute Gasteiger partial charge is 0.332 e. The highest BCUT2D eigenvalue weighted by atomic mass is 32.1. The number of aryl methyl sites for hydroxylation is 2. The molecular weight excluding hydrogens is 465 g/mol. The van der Waals surface area contributed by atoms with Gasteiger partial charge in [0.25, 0.3) is 0 Å². The Morgan fingerprint density at radius 2 is 2.00 bits per heavy atom. The average Bonchev–Trinajstić information content (AvgIpc) is 3.56. The van der Waals surface area contributed by atoms with Gasteiger partial charge in [-0.05, 0) is 48.9 Å². The lowest BCUT2D eigenvalue weighted by Crippen LogP contribution is -2.05. The Morgan fingerprint density at radius 3 is 2.63 bits per heavy atom. The fourth-order valence-corrected chi connectivity index (χ4v) is 4.61. The molecule has 3 heterocycles. The summed E-state index contributed by atoms with van der Waals surface area (Å²) in [6, 6.07) is 12.7. The quantitative estimate of drug-likeness (QED) is 0.213. The molecule has 0 fully saturated rings. The van der Waals surface area contributed by atoms with Crippen molar-refractivity contribution >= 4 is 29.2 Å². The fraction of sp³-hybridized carbons (Fsp3) is 0.222. The van der Waals surface area contributed by atoms with Crippen molar-refractivity contribution in [2.45, 2.75) is 39.2 Å². The van der Waals surface area contributed by atoms with Crippen molar-refractivity contribution in [3.05, 3.63) is 105 Å². The summed E-state index contributed by atoms with van der Waals surface area (Å²) in [5.41, 5.74) is 3.34. The zero-order valence-electron chi connectivity index (χ0n) is 19.3. The van der Waals surface area contributed by atoms with Crippen LogP contribution in [0.4, 0.5) is 4.39 Å². The van der Waals surface area contributed by atoms with Crippen molar-refractivity contribution in [3.8, 4) is 0 Å². The van der Waals surface area contributed by atoms with Crippen molar-refractivity contribution < 1.29 is 19.1 Å². The molecule has 4 rings (SSSR count). The third kappa shape index (κ3) is 6.64. The minimum atomic E-state index is -0.969. The first-order valence-corrected chi connectivity index (χ1v) is 12.2. The number of benzene rings is 1. The molecule has 0 unspecified atom stereocenters.